The molecule has 0 bridgehead atoms. The van der Waals surface area contributed by atoms with Crippen molar-refractivity contribution in [1.29, 1.82) is 0 Å². The SMILES string of the molecule is O=C1CCCCN1CC(=O)N1CCC[C@@H](N2CCC(CO)CC2)C1. The van der Waals surface area contributed by atoms with Gasteiger partial charge in [0.05, 0.1) is 6.54 Å². The van der Waals surface area contributed by atoms with Crippen molar-refractivity contribution in [3.63, 3.8) is 0 Å². The van der Waals surface area contributed by atoms with Crippen LogP contribution in [0.3, 0.4) is 0 Å². The second kappa shape index (κ2) is 8.30. The molecule has 0 aromatic heterocycles. The van der Waals surface area contributed by atoms with Crippen molar-refractivity contribution < 1.29 is 14.7 Å². The van der Waals surface area contributed by atoms with Gasteiger partial charge in [-0.05, 0) is 57.5 Å². The van der Waals surface area contributed by atoms with Gasteiger partial charge in [0, 0.05) is 38.7 Å². The van der Waals surface area contributed by atoms with E-state index in [9.17, 15) is 14.7 Å². The first-order valence-corrected chi connectivity index (χ1v) is 9.58. The van der Waals surface area contributed by atoms with Crippen LogP contribution in [0.2, 0.25) is 0 Å². The molecule has 3 heterocycles. The summed E-state index contributed by atoms with van der Waals surface area (Å²) >= 11 is 0. The molecule has 0 spiro atoms. The zero-order chi connectivity index (χ0) is 16.9. The Bertz CT molecular complexity index is 449. The molecule has 3 rings (SSSR count). The molecule has 24 heavy (non-hydrogen) atoms. The topological polar surface area (TPSA) is 64.1 Å². The van der Waals surface area contributed by atoms with E-state index in [1.165, 1.54) is 0 Å². The average molecular weight is 337 g/mol. The molecule has 2 amide bonds. The number of carbonyl (C=O) groups is 2. The molecule has 0 aromatic carbocycles. The van der Waals surface area contributed by atoms with Gasteiger partial charge in [-0.1, -0.05) is 0 Å². The van der Waals surface area contributed by atoms with Crippen molar-refractivity contribution in [3.8, 4) is 0 Å². The molecule has 3 saturated heterocycles. The summed E-state index contributed by atoms with van der Waals surface area (Å²) in [5, 5.41) is 9.28. The predicted octanol–water partition coefficient (Wildman–Crippen LogP) is 0.694. The number of hydrogen-bond acceptors (Lipinski definition) is 4. The summed E-state index contributed by atoms with van der Waals surface area (Å²) < 4.78 is 0. The molecule has 6 nitrogen and oxygen atoms in total. The molecular formula is C18H31N3O3. The van der Waals surface area contributed by atoms with E-state index in [1.807, 2.05) is 4.90 Å². The first-order chi connectivity index (χ1) is 11.7. The quantitative estimate of drug-likeness (QED) is 0.820. The Balaban J connectivity index is 1.49. The van der Waals surface area contributed by atoms with Crippen LogP contribution in [-0.4, -0.2) is 83.5 Å². The monoisotopic (exact) mass is 337 g/mol. The normalized spacial score (nSPS) is 27.5. The Kier molecular flexibility index (Phi) is 6.11. The fraction of sp³-hybridized carbons (Fsp3) is 0.889. The van der Waals surface area contributed by atoms with E-state index in [1.54, 1.807) is 4.90 Å². The molecule has 0 unspecified atom stereocenters. The summed E-state index contributed by atoms with van der Waals surface area (Å²) in [6.07, 6.45) is 6.88. The largest absolute Gasteiger partial charge is 0.396 e. The number of rotatable bonds is 4. The van der Waals surface area contributed by atoms with Crippen LogP contribution in [0.1, 0.15) is 44.9 Å². The van der Waals surface area contributed by atoms with Gasteiger partial charge in [-0.15, -0.1) is 0 Å². The zero-order valence-electron chi connectivity index (χ0n) is 14.7. The van der Waals surface area contributed by atoms with E-state index in [2.05, 4.69) is 4.90 Å². The summed E-state index contributed by atoms with van der Waals surface area (Å²) in [4.78, 5) is 30.7. The molecule has 6 heteroatoms. The number of aliphatic hydroxyl groups excluding tert-OH is 1. The summed E-state index contributed by atoms with van der Waals surface area (Å²) in [6.45, 7) is 4.97. The van der Waals surface area contributed by atoms with Gasteiger partial charge in [0.25, 0.3) is 0 Å². The maximum absolute atomic E-state index is 12.6. The zero-order valence-corrected chi connectivity index (χ0v) is 14.7. The highest BCUT2D eigenvalue weighted by atomic mass is 16.3. The lowest BCUT2D eigenvalue weighted by Crippen LogP contribution is -2.54. The van der Waals surface area contributed by atoms with Gasteiger partial charge >= 0.3 is 0 Å². The fourth-order valence-corrected chi connectivity index (χ4v) is 4.27. The first-order valence-electron chi connectivity index (χ1n) is 9.58. The minimum Gasteiger partial charge on any atom is -0.396 e. The van der Waals surface area contributed by atoms with Crippen molar-refractivity contribution in [2.45, 2.75) is 51.0 Å². The van der Waals surface area contributed by atoms with Crippen LogP contribution < -0.4 is 0 Å². The van der Waals surface area contributed by atoms with Crippen LogP contribution in [0.25, 0.3) is 0 Å². The van der Waals surface area contributed by atoms with E-state index in [-0.39, 0.29) is 18.4 Å². The molecule has 0 radical (unpaired) electrons. The summed E-state index contributed by atoms with van der Waals surface area (Å²) in [5.74, 6) is 0.696. The molecule has 0 aliphatic carbocycles. The van der Waals surface area contributed by atoms with Gasteiger partial charge in [-0.3, -0.25) is 14.5 Å². The maximum atomic E-state index is 12.6. The van der Waals surface area contributed by atoms with Gasteiger partial charge in [-0.2, -0.15) is 0 Å². The molecular weight excluding hydrogens is 306 g/mol. The molecule has 0 saturated carbocycles. The number of carbonyl (C=O) groups excluding carboxylic acids is 2. The number of hydrogen-bond donors (Lipinski definition) is 1. The van der Waals surface area contributed by atoms with Gasteiger partial charge in [-0.25, -0.2) is 0 Å². The average Bonchev–Trinajstić information content (AvgIpc) is 2.64. The van der Waals surface area contributed by atoms with Crippen LogP contribution >= 0.6 is 0 Å². The number of piperidine rings is 3. The predicted molar refractivity (Wildman–Crippen MR) is 91.4 cm³/mol. The Morgan fingerprint density at radius 3 is 2.54 bits per heavy atom. The molecule has 1 atom stereocenters. The van der Waals surface area contributed by atoms with Crippen molar-refractivity contribution in [2.24, 2.45) is 5.92 Å². The van der Waals surface area contributed by atoms with Crippen LogP contribution in [0.5, 0.6) is 0 Å². The Morgan fingerprint density at radius 1 is 1.04 bits per heavy atom. The third kappa shape index (κ3) is 4.28. The number of likely N-dealkylation sites (tertiary alicyclic amines) is 3. The van der Waals surface area contributed by atoms with Crippen molar-refractivity contribution in [3.05, 3.63) is 0 Å². The van der Waals surface area contributed by atoms with Crippen LogP contribution in [0, 0.1) is 5.92 Å². The van der Waals surface area contributed by atoms with Crippen molar-refractivity contribution in [1.82, 2.24) is 14.7 Å². The Hall–Kier alpha value is -1.14. The molecule has 136 valence electrons. The summed E-state index contributed by atoms with van der Waals surface area (Å²) in [6, 6.07) is 0.444. The molecule has 3 aliphatic heterocycles. The highest BCUT2D eigenvalue weighted by Gasteiger charge is 2.31. The second-order valence-corrected chi connectivity index (χ2v) is 7.57. The van der Waals surface area contributed by atoms with Crippen LogP contribution in [-0.2, 0) is 9.59 Å². The minimum absolute atomic E-state index is 0.111. The molecule has 3 aliphatic rings. The highest BCUT2D eigenvalue weighted by molar-refractivity contribution is 5.85. The summed E-state index contributed by atoms with van der Waals surface area (Å²) in [5.41, 5.74) is 0. The van der Waals surface area contributed by atoms with E-state index in [4.69, 9.17) is 0 Å². The summed E-state index contributed by atoms with van der Waals surface area (Å²) in [7, 11) is 0. The Morgan fingerprint density at radius 2 is 1.83 bits per heavy atom. The third-order valence-electron chi connectivity index (χ3n) is 5.92. The standard InChI is InChI=1S/C18H31N3O3/c22-14-15-6-10-19(11-7-15)16-4-3-9-20(12-16)18(24)13-21-8-2-1-5-17(21)23/h15-16,22H,1-14H2/t16-/m1/s1. The first kappa shape index (κ1) is 17.7. The number of aliphatic hydroxyl groups is 1. The van der Waals surface area contributed by atoms with Crippen LogP contribution in [0.15, 0.2) is 0 Å². The van der Waals surface area contributed by atoms with Crippen molar-refractivity contribution >= 4 is 11.8 Å². The molecule has 3 fully saturated rings. The number of nitrogens with zero attached hydrogens (tertiary/aromatic N) is 3. The Labute approximate surface area is 144 Å². The highest BCUT2D eigenvalue weighted by Crippen LogP contribution is 2.23. The van der Waals surface area contributed by atoms with E-state index in [0.29, 0.717) is 25.0 Å². The lowest BCUT2D eigenvalue weighted by atomic mass is 9.94. The lowest BCUT2D eigenvalue weighted by molar-refractivity contribution is -0.143. The fourth-order valence-electron chi connectivity index (χ4n) is 4.27. The minimum atomic E-state index is 0.111. The number of amides is 2. The van der Waals surface area contributed by atoms with Crippen molar-refractivity contribution in [2.75, 3.05) is 45.9 Å². The van der Waals surface area contributed by atoms with Gasteiger partial charge < -0.3 is 14.9 Å². The lowest BCUT2D eigenvalue weighted by Gasteiger charge is -2.42. The molecule has 1 N–H and O–H groups in total. The van der Waals surface area contributed by atoms with E-state index < -0.39 is 0 Å². The van der Waals surface area contributed by atoms with Gasteiger partial charge in [0.15, 0.2) is 0 Å². The van der Waals surface area contributed by atoms with Crippen LogP contribution in [0.4, 0.5) is 0 Å². The third-order valence-corrected chi connectivity index (χ3v) is 5.92. The molecule has 0 aromatic rings. The van der Waals surface area contributed by atoms with E-state index in [0.717, 1.165) is 71.2 Å². The smallest absolute Gasteiger partial charge is 0.242 e. The maximum Gasteiger partial charge on any atom is 0.242 e. The second-order valence-electron chi connectivity index (χ2n) is 7.57. The van der Waals surface area contributed by atoms with Gasteiger partial charge in [0.1, 0.15) is 0 Å². The van der Waals surface area contributed by atoms with Gasteiger partial charge in [0.2, 0.25) is 11.8 Å². The van der Waals surface area contributed by atoms with E-state index >= 15 is 0 Å².